The van der Waals surface area contributed by atoms with E-state index in [0.717, 1.165) is 35.1 Å². The van der Waals surface area contributed by atoms with E-state index in [-0.39, 0.29) is 12.5 Å². The average Bonchev–Trinajstić information content (AvgIpc) is 2.64. The molecule has 25 heavy (non-hydrogen) atoms. The number of carbonyl (C=O) groups is 1. The first-order chi connectivity index (χ1) is 12.2. The number of carbonyl (C=O) groups excluding carboxylic acids is 1. The quantitative estimate of drug-likeness (QED) is 0.819. The number of piperidine rings is 1. The van der Waals surface area contributed by atoms with Gasteiger partial charge in [0.05, 0.1) is 17.9 Å². The normalized spacial score (nSPS) is 14.4. The lowest BCUT2D eigenvalue weighted by Gasteiger charge is -2.30. The van der Waals surface area contributed by atoms with E-state index in [2.05, 4.69) is 21.6 Å². The molecule has 0 aromatic heterocycles. The molecule has 2 N–H and O–H groups in total. The maximum Gasteiger partial charge on any atom is 0.238 e. The molecule has 0 spiro atoms. The first kappa shape index (κ1) is 17.8. The highest BCUT2D eigenvalue weighted by Crippen LogP contribution is 2.28. The lowest BCUT2D eigenvalue weighted by molar-refractivity contribution is -0.115. The van der Waals surface area contributed by atoms with Gasteiger partial charge in [-0.05, 0) is 49.1 Å². The number of nitrogens with one attached hydrogen (secondary N) is 2. The molecule has 0 saturated carbocycles. The third-order valence-electron chi connectivity index (χ3n) is 4.40. The Morgan fingerprint density at radius 3 is 2.48 bits per heavy atom. The van der Waals surface area contributed by atoms with Crippen molar-refractivity contribution in [2.24, 2.45) is 0 Å². The standard InChI is InChI=1S/C20H24ClN3O/c21-17-10-8-16(9-11-17)14-22-15-20(25)23-18-6-2-3-7-19(18)24-12-4-1-5-13-24/h2-3,6-11,22H,1,4-5,12-15H2,(H,23,25). The van der Waals surface area contributed by atoms with Crippen molar-refractivity contribution in [2.75, 3.05) is 29.9 Å². The van der Waals surface area contributed by atoms with Gasteiger partial charge in [-0.1, -0.05) is 35.9 Å². The minimum absolute atomic E-state index is 0.0292. The van der Waals surface area contributed by atoms with Crippen LogP contribution in [0.1, 0.15) is 24.8 Å². The zero-order chi connectivity index (χ0) is 17.5. The number of benzene rings is 2. The fourth-order valence-corrected chi connectivity index (χ4v) is 3.23. The van der Waals surface area contributed by atoms with E-state index in [0.29, 0.717) is 6.54 Å². The van der Waals surface area contributed by atoms with Crippen LogP contribution in [0.25, 0.3) is 0 Å². The van der Waals surface area contributed by atoms with Gasteiger partial charge in [-0.3, -0.25) is 4.79 Å². The average molecular weight is 358 g/mol. The van der Waals surface area contributed by atoms with Gasteiger partial charge in [-0.15, -0.1) is 0 Å². The Labute approximate surface area is 154 Å². The van der Waals surface area contributed by atoms with Gasteiger partial charge in [0.1, 0.15) is 0 Å². The zero-order valence-corrected chi connectivity index (χ0v) is 15.1. The highest BCUT2D eigenvalue weighted by atomic mass is 35.5. The Hall–Kier alpha value is -2.04. The SMILES string of the molecule is O=C(CNCc1ccc(Cl)cc1)Nc1ccccc1N1CCCCC1. The number of hydrogen-bond donors (Lipinski definition) is 2. The molecular weight excluding hydrogens is 334 g/mol. The molecule has 0 unspecified atom stereocenters. The molecule has 0 aliphatic carbocycles. The van der Waals surface area contributed by atoms with Gasteiger partial charge in [-0.2, -0.15) is 0 Å². The van der Waals surface area contributed by atoms with Crippen LogP contribution in [0, 0.1) is 0 Å². The molecule has 0 bridgehead atoms. The molecule has 1 saturated heterocycles. The Kier molecular flexibility index (Phi) is 6.31. The first-order valence-electron chi connectivity index (χ1n) is 8.81. The number of halogens is 1. The summed E-state index contributed by atoms with van der Waals surface area (Å²) in [6, 6.07) is 15.7. The van der Waals surface area contributed by atoms with Crippen molar-refractivity contribution in [3.8, 4) is 0 Å². The van der Waals surface area contributed by atoms with Crippen LogP contribution in [-0.2, 0) is 11.3 Å². The largest absolute Gasteiger partial charge is 0.370 e. The Bertz CT molecular complexity index is 696. The van der Waals surface area contributed by atoms with E-state index in [9.17, 15) is 4.79 Å². The Balaban J connectivity index is 1.53. The van der Waals surface area contributed by atoms with E-state index in [1.54, 1.807) is 0 Å². The van der Waals surface area contributed by atoms with Gasteiger partial charge < -0.3 is 15.5 Å². The number of hydrogen-bond acceptors (Lipinski definition) is 3. The van der Waals surface area contributed by atoms with Gasteiger partial charge in [0, 0.05) is 24.7 Å². The number of para-hydroxylation sites is 2. The minimum Gasteiger partial charge on any atom is -0.370 e. The minimum atomic E-state index is -0.0292. The molecule has 2 aromatic carbocycles. The zero-order valence-electron chi connectivity index (χ0n) is 14.3. The summed E-state index contributed by atoms with van der Waals surface area (Å²) in [7, 11) is 0. The monoisotopic (exact) mass is 357 g/mol. The number of rotatable bonds is 6. The molecule has 0 radical (unpaired) electrons. The molecule has 1 aliphatic rings. The lowest BCUT2D eigenvalue weighted by Crippen LogP contribution is -2.32. The van der Waals surface area contributed by atoms with Gasteiger partial charge in [0.25, 0.3) is 0 Å². The fraction of sp³-hybridized carbons (Fsp3) is 0.350. The summed E-state index contributed by atoms with van der Waals surface area (Å²) in [5, 5.41) is 6.93. The second-order valence-corrected chi connectivity index (χ2v) is 6.78. The van der Waals surface area contributed by atoms with Crippen molar-refractivity contribution in [3.63, 3.8) is 0 Å². The van der Waals surface area contributed by atoms with Crippen LogP contribution in [0.2, 0.25) is 5.02 Å². The van der Waals surface area contributed by atoms with Crippen LogP contribution in [0.15, 0.2) is 48.5 Å². The fourth-order valence-electron chi connectivity index (χ4n) is 3.11. The van der Waals surface area contributed by atoms with Crippen molar-refractivity contribution in [1.82, 2.24) is 5.32 Å². The summed E-state index contributed by atoms with van der Waals surface area (Å²) in [6.07, 6.45) is 3.72. The van der Waals surface area contributed by atoms with E-state index in [1.807, 2.05) is 42.5 Å². The van der Waals surface area contributed by atoms with Gasteiger partial charge in [0.2, 0.25) is 5.91 Å². The molecule has 5 heteroatoms. The third-order valence-corrected chi connectivity index (χ3v) is 4.65. The predicted molar refractivity (Wildman–Crippen MR) is 104 cm³/mol. The van der Waals surface area contributed by atoms with E-state index >= 15 is 0 Å². The van der Waals surface area contributed by atoms with E-state index in [1.165, 1.54) is 19.3 Å². The number of anilines is 2. The summed E-state index contributed by atoms with van der Waals surface area (Å²) in [4.78, 5) is 14.6. The number of nitrogens with zero attached hydrogens (tertiary/aromatic N) is 1. The molecule has 1 aliphatic heterocycles. The maximum atomic E-state index is 12.3. The van der Waals surface area contributed by atoms with Crippen molar-refractivity contribution >= 4 is 28.9 Å². The Morgan fingerprint density at radius 2 is 1.72 bits per heavy atom. The van der Waals surface area contributed by atoms with Crippen molar-refractivity contribution in [1.29, 1.82) is 0 Å². The van der Waals surface area contributed by atoms with Crippen LogP contribution in [0.3, 0.4) is 0 Å². The van der Waals surface area contributed by atoms with E-state index in [4.69, 9.17) is 11.6 Å². The van der Waals surface area contributed by atoms with Crippen molar-refractivity contribution in [2.45, 2.75) is 25.8 Å². The highest BCUT2D eigenvalue weighted by Gasteiger charge is 2.15. The third kappa shape index (κ3) is 5.21. The summed E-state index contributed by atoms with van der Waals surface area (Å²) in [5.74, 6) is -0.0292. The predicted octanol–water partition coefficient (Wildman–Crippen LogP) is 4.06. The summed E-state index contributed by atoms with van der Waals surface area (Å²) in [6.45, 7) is 3.03. The summed E-state index contributed by atoms with van der Waals surface area (Å²) >= 11 is 5.88. The maximum absolute atomic E-state index is 12.3. The topological polar surface area (TPSA) is 44.4 Å². The molecule has 4 nitrogen and oxygen atoms in total. The highest BCUT2D eigenvalue weighted by molar-refractivity contribution is 6.30. The molecule has 1 fully saturated rings. The second kappa shape index (κ2) is 8.88. The molecular formula is C20H24ClN3O. The van der Waals surface area contributed by atoms with Gasteiger partial charge >= 0.3 is 0 Å². The van der Waals surface area contributed by atoms with Crippen LogP contribution in [-0.4, -0.2) is 25.5 Å². The molecule has 2 aromatic rings. The van der Waals surface area contributed by atoms with Gasteiger partial charge in [0.15, 0.2) is 0 Å². The van der Waals surface area contributed by atoms with Crippen LogP contribution in [0.4, 0.5) is 11.4 Å². The first-order valence-corrected chi connectivity index (χ1v) is 9.19. The molecule has 1 heterocycles. The number of amides is 1. The molecule has 132 valence electrons. The lowest BCUT2D eigenvalue weighted by atomic mass is 10.1. The van der Waals surface area contributed by atoms with Crippen LogP contribution in [0.5, 0.6) is 0 Å². The molecule has 1 amide bonds. The Morgan fingerprint density at radius 1 is 1.00 bits per heavy atom. The van der Waals surface area contributed by atoms with E-state index < -0.39 is 0 Å². The molecule has 0 atom stereocenters. The van der Waals surface area contributed by atoms with Crippen LogP contribution >= 0.6 is 11.6 Å². The summed E-state index contributed by atoms with van der Waals surface area (Å²) < 4.78 is 0. The molecule has 3 rings (SSSR count). The van der Waals surface area contributed by atoms with Crippen molar-refractivity contribution in [3.05, 3.63) is 59.1 Å². The summed E-state index contributed by atoms with van der Waals surface area (Å²) in [5.41, 5.74) is 3.11. The van der Waals surface area contributed by atoms with Gasteiger partial charge in [-0.25, -0.2) is 0 Å². The van der Waals surface area contributed by atoms with Crippen molar-refractivity contribution < 1.29 is 4.79 Å². The van der Waals surface area contributed by atoms with Crippen LogP contribution < -0.4 is 15.5 Å². The smallest absolute Gasteiger partial charge is 0.238 e. The second-order valence-electron chi connectivity index (χ2n) is 6.34.